The quantitative estimate of drug-likeness (QED) is 0.765. The molecule has 0 spiro atoms. The highest BCUT2D eigenvalue weighted by Gasteiger charge is 2.51. The van der Waals surface area contributed by atoms with E-state index < -0.39 is 5.41 Å². The molecule has 0 unspecified atom stereocenters. The number of nitrogens with zero attached hydrogens (tertiary/aromatic N) is 2. The Labute approximate surface area is 149 Å². The van der Waals surface area contributed by atoms with Crippen molar-refractivity contribution in [3.05, 3.63) is 70.1 Å². The van der Waals surface area contributed by atoms with Crippen molar-refractivity contribution in [2.45, 2.75) is 24.8 Å². The zero-order chi connectivity index (χ0) is 16.7. The smallest absolute Gasteiger partial charge is 0.230 e. The number of pyridine rings is 1. The monoisotopic (exact) mass is 359 g/mol. The minimum atomic E-state index is -0.410. The van der Waals surface area contributed by atoms with E-state index >= 15 is 0 Å². The molecule has 1 aliphatic carbocycles. The molecule has 24 heavy (non-hydrogen) atoms. The van der Waals surface area contributed by atoms with E-state index in [4.69, 9.17) is 23.2 Å². The van der Waals surface area contributed by atoms with Crippen LogP contribution in [0.15, 0.2) is 48.8 Å². The number of hydrogen-bond donors (Lipinski definition) is 1. The summed E-state index contributed by atoms with van der Waals surface area (Å²) in [6.45, 7) is 0.396. The Balaban J connectivity index is 1.48. The van der Waals surface area contributed by atoms with E-state index in [-0.39, 0.29) is 5.91 Å². The van der Waals surface area contributed by atoms with E-state index in [1.165, 1.54) is 0 Å². The maximum atomic E-state index is 12.7. The Kier molecular flexibility index (Phi) is 3.74. The van der Waals surface area contributed by atoms with Crippen molar-refractivity contribution < 1.29 is 4.79 Å². The van der Waals surface area contributed by atoms with Crippen LogP contribution in [0.1, 0.15) is 24.1 Å². The molecule has 0 radical (unpaired) electrons. The summed E-state index contributed by atoms with van der Waals surface area (Å²) >= 11 is 11.9. The third-order valence-corrected chi connectivity index (χ3v) is 4.95. The van der Waals surface area contributed by atoms with Crippen LogP contribution in [0.3, 0.4) is 0 Å². The molecule has 3 aromatic rings. The highest BCUT2D eigenvalue weighted by atomic mass is 35.5. The van der Waals surface area contributed by atoms with Crippen molar-refractivity contribution >= 4 is 34.8 Å². The third kappa shape index (κ3) is 2.76. The molecule has 1 aromatic carbocycles. The van der Waals surface area contributed by atoms with Gasteiger partial charge < -0.3 is 9.72 Å². The minimum absolute atomic E-state index is 0.0416. The predicted octanol–water partition coefficient (Wildman–Crippen LogP) is 3.99. The first-order chi connectivity index (χ1) is 11.6. The summed E-state index contributed by atoms with van der Waals surface area (Å²) in [7, 11) is 0. The zero-order valence-electron chi connectivity index (χ0n) is 12.8. The van der Waals surface area contributed by atoms with Gasteiger partial charge in [0, 0.05) is 17.4 Å². The molecule has 122 valence electrons. The molecule has 4 rings (SSSR count). The second kappa shape index (κ2) is 5.80. The summed E-state index contributed by atoms with van der Waals surface area (Å²) in [5, 5.41) is 4.34. The van der Waals surface area contributed by atoms with Gasteiger partial charge in [0.2, 0.25) is 5.91 Å². The van der Waals surface area contributed by atoms with Crippen molar-refractivity contribution in [3.63, 3.8) is 0 Å². The number of amides is 1. The van der Waals surface area contributed by atoms with Crippen molar-refractivity contribution in [1.82, 2.24) is 14.7 Å². The summed E-state index contributed by atoms with van der Waals surface area (Å²) in [6.07, 6.45) is 5.40. The van der Waals surface area contributed by atoms with E-state index in [0.29, 0.717) is 16.6 Å². The molecule has 4 nitrogen and oxygen atoms in total. The third-order valence-electron chi connectivity index (χ3n) is 4.48. The van der Waals surface area contributed by atoms with E-state index in [0.717, 1.165) is 29.7 Å². The van der Waals surface area contributed by atoms with Gasteiger partial charge in [0.05, 0.1) is 22.7 Å². The molecule has 6 heteroatoms. The highest BCUT2D eigenvalue weighted by molar-refractivity contribution is 6.30. The van der Waals surface area contributed by atoms with E-state index in [9.17, 15) is 4.79 Å². The average molecular weight is 360 g/mol. The van der Waals surface area contributed by atoms with Gasteiger partial charge in [-0.25, -0.2) is 4.98 Å². The second-order valence-corrected chi connectivity index (χ2v) is 6.99. The lowest BCUT2D eigenvalue weighted by Gasteiger charge is -2.15. The predicted molar refractivity (Wildman–Crippen MR) is 94.4 cm³/mol. The molecule has 0 saturated heterocycles. The zero-order valence-corrected chi connectivity index (χ0v) is 14.3. The van der Waals surface area contributed by atoms with Crippen molar-refractivity contribution in [3.8, 4) is 0 Å². The van der Waals surface area contributed by atoms with Gasteiger partial charge in [-0.1, -0.05) is 35.3 Å². The number of aromatic nitrogens is 2. The lowest BCUT2D eigenvalue weighted by molar-refractivity contribution is -0.123. The van der Waals surface area contributed by atoms with E-state index in [2.05, 4.69) is 10.3 Å². The maximum Gasteiger partial charge on any atom is 0.230 e. The molecular weight excluding hydrogens is 345 g/mol. The molecule has 1 aliphatic rings. The van der Waals surface area contributed by atoms with Gasteiger partial charge in [0.15, 0.2) is 0 Å². The molecule has 1 saturated carbocycles. The van der Waals surface area contributed by atoms with Crippen LogP contribution < -0.4 is 5.32 Å². The number of benzene rings is 1. The van der Waals surface area contributed by atoms with Crippen molar-refractivity contribution in [1.29, 1.82) is 0 Å². The number of halogens is 2. The van der Waals surface area contributed by atoms with Crippen LogP contribution in [0.4, 0.5) is 0 Å². The number of hydrogen-bond acceptors (Lipinski definition) is 2. The maximum absolute atomic E-state index is 12.7. The lowest BCUT2D eigenvalue weighted by Crippen LogP contribution is -2.34. The SMILES string of the molecule is O=C(NCc1cn2cc(Cl)ccc2n1)C1(c2ccc(Cl)cc2)CC1. The Hall–Kier alpha value is -2.04. The highest BCUT2D eigenvalue weighted by Crippen LogP contribution is 2.48. The van der Waals surface area contributed by atoms with Crippen LogP contribution >= 0.6 is 23.2 Å². The Morgan fingerprint density at radius 3 is 2.50 bits per heavy atom. The number of carbonyl (C=O) groups is 1. The van der Waals surface area contributed by atoms with Crippen LogP contribution in [0, 0.1) is 0 Å². The molecule has 1 fully saturated rings. The number of fused-ring (bicyclic) bond motifs is 1. The van der Waals surface area contributed by atoms with Gasteiger partial charge in [0.25, 0.3) is 0 Å². The number of imidazole rings is 1. The normalized spacial score (nSPS) is 15.4. The topological polar surface area (TPSA) is 46.4 Å². The summed E-state index contributed by atoms with van der Waals surface area (Å²) in [5.41, 5.74) is 2.22. The Morgan fingerprint density at radius 2 is 1.79 bits per heavy atom. The van der Waals surface area contributed by atoms with Gasteiger partial charge in [0.1, 0.15) is 5.65 Å². The van der Waals surface area contributed by atoms with Crippen LogP contribution in [0.25, 0.3) is 5.65 Å². The number of nitrogens with one attached hydrogen (secondary N) is 1. The van der Waals surface area contributed by atoms with Gasteiger partial charge in [-0.2, -0.15) is 0 Å². The summed E-state index contributed by atoms with van der Waals surface area (Å²) < 4.78 is 1.86. The van der Waals surface area contributed by atoms with Gasteiger partial charge >= 0.3 is 0 Å². The number of carbonyl (C=O) groups excluding carboxylic acids is 1. The molecule has 2 heterocycles. The summed E-state index contributed by atoms with van der Waals surface area (Å²) in [4.78, 5) is 17.1. The molecule has 0 atom stereocenters. The van der Waals surface area contributed by atoms with E-state index in [1.54, 1.807) is 12.3 Å². The summed E-state index contributed by atoms with van der Waals surface area (Å²) in [5.74, 6) is 0.0416. The Bertz CT molecular complexity index is 914. The van der Waals surface area contributed by atoms with Gasteiger partial charge in [-0.15, -0.1) is 0 Å². The van der Waals surface area contributed by atoms with Crippen molar-refractivity contribution in [2.24, 2.45) is 0 Å². The molecular formula is C18H15Cl2N3O. The fourth-order valence-corrected chi connectivity index (χ4v) is 3.28. The van der Waals surface area contributed by atoms with Crippen LogP contribution in [0.5, 0.6) is 0 Å². The average Bonchev–Trinajstić information content (AvgIpc) is 3.28. The molecule has 0 aliphatic heterocycles. The largest absolute Gasteiger partial charge is 0.350 e. The van der Waals surface area contributed by atoms with Crippen LogP contribution in [0.2, 0.25) is 10.0 Å². The number of rotatable bonds is 4. The molecule has 1 N–H and O–H groups in total. The molecule has 1 amide bonds. The van der Waals surface area contributed by atoms with Crippen LogP contribution in [-0.4, -0.2) is 15.3 Å². The Morgan fingerprint density at radius 1 is 1.08 bits per heavy atom. The first-order valence-electron chi connectivity index (χ1n) is 7.74. The van der Waals surface area contributed by atoms with Crippen molar-refractivity contribution in [2.75, 3.05) is 0 Å². The fourth-order valence-electron chi connectivity index (χ4n) is 2.98. The lowest BCUT2D eigenvalue weighted by atomic mass is 9.95. The minimum Gasteiger partial charge on any atom is -0.350 e. The molecule has 2 aromatic heterocycles. The first kappa shape index (κ1) is 15.5. The first-order valence-corrected chi connectivity index (χ1v) is 8.50. The van der Waals surface area contributed by atoms with Crippen LogP contribution in [-0.2, 0) is 16.8 Å². The fraction of sp³-hybridized carbons (Fsp3) is 0.222. The summed E-state index contributed by atoms with van der Waals surface area (Å²) in [6, 6.07) is 11.2. The molecule has 0 bridgehead atoms. The van der Waals surface area contributed by atoms with Gasteiger partial charge in [-0.3, -0.25) is 4.79 Å². The van der Waals surface area contributed by atoms with E-state index in [1.807, 2.05) is 40.9 Å². The standard InChI is InChI=1S/C18H15Cl2N3O/c19-13-3-1-12(2-4-13)18(7-8-18)17(24)21-9-15-11-23-10-14(20)5-6-16(23)22-15/h1-6,10-11H,7-9H2,(H,21,24). The second-order valence-electron chi connectivity index (χ2n) is 6.12. The van der Waals surface area contributed by atoms with Gasteiger partial charge in [-0.05, 0) is 42.7 Å².